The second-order valence-corrected chi connectivity index (χ2v) is 8.95. The summed E-state index contributed by atoms with van der Waals surface area (Å²) < 4.78 is 10.4. The average molecular weight is 470 g/mol. The first-order valence-electron chi connectivity index (χ1n) is 10.2. The van der Waals surface area contributed by atoms with Crippen LogP contribution in [0.5, 0.6) is 5.75 Å². The maximum atomic E-state index is 13.2. The summed E-state index contributed by atoms with van der Waals surface area (Å²) in [5, 5.41) is 1.50. The van der Waals surface area contributed by atoms with E-state index in [0.717, 1.165) is 21.4 Å². The molecule has 0 atom stereocenters. The number of ether oxygens (including phenoxy) is 2. The van der Waals surface area contributed by atoms with E-state index in [0.29, 0.717) is 34.5 Å². The predicted octanol–water partition coefficient (Wildman–Crippen LogP) is 4.87. The van der Waals surface area contributed by atoms with Crippen molar-refractivity contribution in [2.24, 2.45) is 4.99 Å². The van der Waals surface area contributed by atoms with Gasteiger partial charge in [-0.25, -0.2) is 9.79 Å². The molecule has 1 saturated heterocycles. The molecule has 0 bridgehead atoms. The van der Waals surface area contributed by atoms with E-state index in [-0.39, 0.29) is 11.9 Å². The summed E-state index contributed by atoms with van der Waals surface area (Å²) >= 11 is 2.94. The first-order chi connectivity index (χ1) is 15.5. The summed E-state index contributed by atoms with van der Waals surface area (Å²) in [5.41, 5.74) is 2.14. The Hall–Kier alpha value is -2.91. The van der Waals surface area contributed by atoms with Crippen molar-refractivity contribution < 1.29 is 19.1 Å². The molecule has 166 valence electrons. The number of anilines is 1. The molecule has 1 amide bonds. The number of benzene rings is 2. The van der Waals surface area contributed by atoms with Gasteiger partial charge in [-0.1, -0.05) is 11.8 Å². The molecule has 9 heteroatoms. The number of fused-ring (bicyclic) bond motifs is 1. The van der Waals surface area contributed by atoms with Crippen LogP contribution in [0.1, 0.15) is 24.2 Å². The number of aliphatic imine (C=N–C) groups is 1. The van der Waals surface area contributed by atoms with Crippen molar-refractivity contribution in [2.45, 2.75) is 18.7 Å². The van der Waals surface area contributed by atoms with Crippen LogP contribution in [-0.4, -0.2) is 49.3 Å². The number of methoxy groups -OCH3 is 1. The van der Waals surface area contributed by atoms with Crippen molar-refractivity contribution in [1.82, 2.24) is 4.90 Å². The maximum Gasteiger partial charge on any atom is 0.338 e. The molecule has 0 N–H and O–H groups in total. The Morgan fingerprint density at radius 3 is 2.50 bits per heavy atom. The number of carbonyl (C=O) groups excluding carboxylic acids is 2. The lowest BCUT2D eigenvalue weighted by Gasteiger charge is -2.15. The summed E-state index contributed by atoms with van der Waals surface area (Å²) in [5.74, 6) is 0.349. The number of nitrogens with zero attached hydrogens (tertiary/aromatic N) is 3. The van der Waals surface area contributed by atoms with Crippen molar-refractivity contribution in [1.29, 1.82) is 0 Å². The number of amides is 1. The highest BCUT2D eigenvalue weighted by Gasteiger charge is 2.38. The minimum atomic E-state index is -0.364. The van der Waals surface area contributed by atoms with Crippen LogP contribution in [0.4, 0.5) is 11.4 Å². The Morgan fingerprint density at radius 1 is 1.09 bits per heavy atom. The number of thioether (sulfide) groups is 2. The van der Waals surface area contributed by atoms with Crippen molar-refractivity contribution in [2.75, 3.05) is 32.2 Å². The zero-order chi connectivity index (χ0) is 22.8. The van der Waals surface area contributed by atoms with Crippen molar-refractivity contribution in [3.63, 3.8) is 0 Å². The van der Waals surface area contributed by atoms with Gasteiger partial charge in [0.25, 0.3) is 5.91 Å². The molecule has 32 heavy (non-hydrogen) atoms. The third-order valence-electron chi connectivity index (χ3n) is 5.02. The van der Waals surface area contributed by atoms with Crippen molar-refractivity contribution in [3.05, 3.63) is 58.0 Å². The number of amidine groups is 1. The molecule has 2 heterocycles. The van der Waals surface area contributed by atoms with Crippen LogP contribution in [0.15, 0.2) is 62.3 Å². The van der Waals surface area contributed by atoms with Gasteiger partial charge >= 0.3 is 5.97 Å². The van der Waals surface area contributed by atoms with Gasteiger partial charge in [0, 0.05) is 24.6 Å². The molecular weight excluding hydrogens is 446 g/mol. The van der Waals surface area contributed by atoms with E-state index in [1.165, 1.54) is 11.8 Å². The van der Waals surface area contributed by atoms with E-state index in [4.69, 9.17) is 9.47 Å². The van der Waals surface area contributed by atoms with Crippen LogP contribution in [-0.2, 0) is 9.53 Å². The number of likely N-dealkylation sites (N-methyl/N-ethyl adjacent to an activating group) is 1. The molecule has 2 aliphatic rings. The molecule has 2 aromatic rings. The van der Waals surface area contributed by atoms with E-state index in [1.807, 2.05) is 37.1 Å². The molecule has 7 nitrogen and oxygen atoms in total. The van der Waals surface area contributed by atoms with Crippen LogP contribution >= 0.6 is 23.5 Å². The third-order valence-corrected chi connectivity index (χ3v) is 7.45. The van der Waals surface area contributed by atoms with E-state index in [1.54, 1.807) is 55.0 Å². The molecule has 1 fully saturated rings. The third kappa shape index (κ3) is 4.10. The lowest BCUT2D eigenvalue weighted by Crippen LogP contribution is -2.29. The van der Waals surface area contributed by atoms with Gasteiger partial charge in [-0.2, -0.15) is 0 Å². The molecule has 0 spiro atoms. The maximum absolute atomic E-state index is 13.2. The highest BCUT2D eigenvalue weighted by molar-refractivity contribution is 8.19. The molecule has 0 aromatic heterocycles. The Labute approximate surface area is 195 Å². The summed E-state index contributed by atoms with van der Waals surface area (Å²) in [6.45, 7) is 4.54. The fourth-order valence-electron chi connectivity index (χ4n) is 3.35. The Kier molecular flexibility index (Phi) is 6.48. The van der Waals surface area contributed by atoms with Crippen LogP contribution in [0.2, 0.25) is 0 Å². The lowest BCUT2D eigenvalue weighted by atomic mass is 10.2. The van der Waals surface area contributed by atoms with Gasteiger partial charge in [-0.05, 0) is 62.0 Å². The van der Waals surface area contributed by atoms with Crippen molar-refractivity contribution >= 4 is 51.9 Å². The summed E-state index contributed by atoms with van der Waals surface area (Å²) in [7, 11) is 3.59. The average Bonchev–Trinajstić information content (AvgIpc) is 3.29. The van der Waals surface area contributed by atoms with E-state index in [9.17, 15) is 9.59 Å². The molecule has 2 aromatic carbocycles. The molecule has 2 aliphatic heterocycles. The first-order valence-corrected chi connectivity index (χ1v) is 11.8. The number of hydrogen-bond acceptors (Lipinski definition) is 8. The SMILES string of the molecule is CCOC(=O)c1ccc(N=C2S/C(=C3\Sc4ccc(OC)cc4N3C)C(=O)N2CC)cc1. The molecule has 4 rings (SSSR count). The second-order valence-electron chi connectivity index (χ2n) is 6.94. The highest BCUT2D eigenvalue weighted by Crippen LogP contribution is 2.51. The van der Waals surface area contributed by atoms with Crippen molar-refractivity contribution in [3.8, 4) is 5.75 Å². The Morgan fingerprint density at radius 2 is 1.84 bits per heavy atom. The number of hydrogen-bond donors (Lipinski definition) is 0. The van der Waals surface area contributed by atoms with E-state index >= 15 is 0 Å². The van der Waals surface area contributed by atoms with Crippen LogP contribution in [0.25, 0.3) is 0 Å². The number of esters is 1. The quantitative estimate of drug-likeness (QED) is 0.457. The Bertz CT molecular complexity index is 1130. The van der Waals surface area contributed by atoms with Crippen LogP contribution < -0.4 is 9.64 Å². The summed E-state index contributed by atoms with van der Waals surface area (Å²) in [6, 6.07) is 12.8. The zero-order valence-corrected chi connectivity index (χ0v) is 19.9. The van der Waals surface area contributed by atoms with Gasteiger partial charge in [-0.15, -0.1) is 0 Å². The van der Waals surface area contributed by atoms with Gasteiger partial charge in [0.1, 0.15) is 10.7 Å². The smallest absolute Gasteiger partial charge is 0.338 e. The fraction of sp³-hybridized carbons (Fsp3) is 0.261. The van der Waals surface area contributed by atoms with E-state index < -0.39 is 0 Å². The Balaban J connectivity index is 1.63. The molecular formula is C23H23N3O4S2. The zero-order valence-electron chi connectivity index (χ0n) is 18.2. The number of carbonyl (C=O) groups is 2. The van der Waals surface area contributed by atoms with Gasteiger partial charge in [0.15, 0.2) is 5.17 Å². The van der Waals surface area contributed by atoms with Gasteiger partial charge < -0.3 is 14.4 Å². The minimum absolute atomic E-state index is 0.0616. The monoisotopic (exact) mass is 469 g/mol. The summed E-state index contributed by atoms with van der Waals surface area (Å²) in [6.07, 6.45) is 0. The molecule has 0 saturated carbocycles. The van der Waals surface area contributed by atoms with Crippen LogP contribution in [0.3, 0.4) is 0 Å². The topological polar surface area (TPSA) is 71.4 Å². The molecule has 0 aliphatic carbocycles. The first kappa shape index (κ1) is 22.3. The predicted molar refractivity (Wildman–Crippen MR) is 129 cm³/mol. The second kappa shape index (κ2) is 9.30. The largest absolute Gasteiger partial charge is 0.497 e. The standard InChI is InChI=1S/C23H23N3O4S2/c1-5-26-20(27)19(21-25(3)17-13-16(29-4)11-12-18(17)31-21)32-23(26)24-15-9-7-14(8-10-15)22(28)30-6-2/h7-13H,5-6H2,1-4H3/b21-19-,24-23?. The van der Waals surface area contributed by atoms with Gasteiger partial charge in [0.05, 0.1) is 35.7 Å². The highest BCUT2D eigenvalue weighted by atomic mass is 32.2. The van der Waals surface area contributed by atoms with Gasteiger partial charge in [-0.3, -0.25) is 9.69 Å². The number of rotatable bonds is 5. The minimum Gasteiger partial charge on any atom is -0.497 e. The normalized spacial score (nSPS) is 19.0. The molecule has 0 radical (unpaired) electrons. The lowest BCUT2D eigenvalue weighted by molar-refractivity contribution is -0.122. The van der Waals surface area contributed by atoms with Gasteiger partial charge in [0.2, 0.25) is 0 Å². The summed E-state index contributed by atoms with van der Waals surface area (Å²) in [4.78, 5) is 35.2. The van der Waals surface area contributed by atoms with Crippen LogP contribution in [0, 0.1) is 0 Å². The fourth-order valence-corrected chi connectivity index (χ4v) is 5.73. The molecule has 0 unspecified atom stereocenters. The van der Waals surface area contributed by atoms with E-state index in [2.05, 4.69) is 4.99 Å².